The number of nitriles is 1. The summed E-state index contributed by atoms with van der Waals surface area (Å²) >= 11 is 0. The minimum Gasteiger partial charge on any atom is -0.480 e. The first-order valence-electron chi connectivity index (χ1n) is 6.17. The van der Waals surface area contributed by atoms with Crippen molar-refractivity contribution in [3.63, 3.8) is 0 Å². The molecule has 0 aliphatic carbocycles. The van der Waals surface area contributed by atoms with Gasteiger partial charge in [-0.2, -0.15) is 5.26 Å². The molecule has 1 heterocycles. The smallest absolute Gasteiger partial charge is 0.323 e. The van der Waals surface area contributed by atoms with Gasteiger partial charge in [0.1, 0.15) is 12.6 Å². The van der Waals surface area contributed by atoms with E-state index >= 15 is 0 Å². The molecule has 0 aliphatic heterocycles. The Morgan fingerprint density at radius 3 is 2.75 bits per heavy atom. The Morgan fingerprint density at radius 2 is 2.15 bits per heavy atom. The molecule has 0 fully saturated rings. The molecular weight excluding hydrogens is 254 g/mol. The van der Waals surface area contributed by atoms with Gasteiger partial charge in [0.25, 0.3) is 0 Å². The predicted octanol–water partition coefficient (Wildman–Crippen LogP) is 2.24. The summed E-state index contributed by atoms with van der Waals surface area (Å²) in [6.07, 6.45) is 1.50. The first-order chi connectivity index (χ1) is 9.43. The number of anilines is 1. The fourth-order valence-corrected chi connectivity index (χ4v) is 2.42. The van der Waals surface area contributed by atoms with Crippen LogP contribution in [0.25, 0.3) is 10.9 Å². The van der Waals surface area contributed by atoms with Crippen LogP contribution in [0.2, 0.25) is 0 Å². The van der Waals surface area contributed by atoms with E-state index in [9.17, 15) is 10.1 Å². The molecule has 0 saturated carbocycles. The van der Waals surface area contributed by atoms with Crippen molar-refractivity contribution < 1.29 is 9.90 Å². The first kappa shape index (κ1) is 13.8. The van der Waals surface area contributed by atoms with Crippen LogP contribution < -0.4 is 4.90 Å². The summed E-state index contributed by atoms with van der Waals surface area (Å²) in [6, 6.07) is 6.03. The molecule has 0 radical (unpaired) electrons. The number of hydrogen-bond donors (Lipinski definition) is 1. The van der Waals surface area contributed by atoms with Crippen molar-refractivity contribution in [2.24, 2.45) is 0 Å². The van der Waals surface area contributed by atoms with Gasteiger partial charge in [0, 0.05) is 18.6 Å². The Hall–Kier alpha value is -2.61. The standard InChI is InChI=1S/C15H15N3O2/c1-9-4-10(2)14-12(5-9)15(11(6-16)7-17-14)18(3)8-13(19)20/h4-5,7H,8H2,1-3H3,(H,19,20). The van der Waals surface area contributed by atoms with Gasteiger partial charge in [-0.05, 0) is 25.5 Å². The van der Waals surface area contributed by atoms with E-state index in [1.54, 1.807) is 11.9 Å². The molecular formula is C15H15N3O2. The molecule has 20 heavy (non-hydrogen) atoms. The van der Waals surface area contributed by atoms with Gasteiger partial charge in [0.05, 0.1) is 16.8 Å². The Kier molecular flexibility index (Phi) is 3.57. The van der Waals surface area contributed by atoms with Gasteiger partial charge in [-0.25, -0.2) is 0 Å². The number of carboxylic acid groups (broad SMARTS) is 1. The van der Waals surface area contributed by atoms with Gasteiger partial charge < -0.3 is 10.0 Å². The van der Waals surface area contributed by atoms with Gasteiger partial charge in [-0.1, -0.05) is 11.6 Å². The molecule has 5 nitrogen and oxygen atoms in total. The Bertz CT molecular complexity index is 732. The summed E-state index contributed by atoms with van der Waals surface area (Å²) in [7, 11) is 1.67. The number of carbonyl (C=O) groups is 1. The highest BCUT2D eigenvalue weighted by Gasteiger charge is 2.16. The number of pyridine rings is 1. The van der Waals surface area contributed by atoms with E-state index in [-0.39, 0.29) is 6.54 Å². The SMILES string of the molecule is Cc1cc(C)c2ncc(C#N)c(N(C)CC(=O)O)c2c1. The number of rotatable bonds is 3. The number of hydrogen-bond acceptors (Lipinski definition) is 4. The molecule has 1 aromatic carbocycles. The van der Waals surface area contributed by atoms with Gasteiger partial charge in [0.2, 0.25) is 0 Å². The van der Waals surface area contributed by atoms with E-state index in [0.29, 0.717) is 11.3 Å². The van der Waals surface area contributed by atoms with Crippen molar-refractivity contribution in [3.8, 4) is 6.07 Å². The number of benzene rings is 1. The molecule has 0 unspecified atom stereocenters. The fraction of sp³-hybridized carbons (Fsp3) is 0.267. The van der Waals surface area contributed by atoms with E-state index in [1.165, 1.54) is 6.20 Å². The third-order valence-corrected chi connectivity index (χ3v) is 3.15. The van der Waals surface area contributed by atoms with E-state index in [4.69, 9.17) is 5.11 Å². The molecule has 102 valence electrons. The average Bonchev–Trinajstić information content (AvgIpc) is 2.35. The first-order valence-corrected chi connectivity index (χ1v) is 6.17. The Labute approximate surface area is 117 Å². The summed E-state index contributed by atoms with van der Waals surface area (Å²) in [5.41, 5.74) is 3.85. The highest BCUT2D eigenvalue weighted by atomic mass is 16.4. The van der Waals surface area contributed by atoms with E-state index in [1.807, 2.05) is 26.0 Å². The second-order valence-electron chi connectivity index (χ2n) is 4.86. The minimum absolute atomic E-state index is 0.166. The number of carboxylic acids is 1. The monoisotopic (exact) mass is 269 g/mol. The van der Waals surface area contributed by atoms with Crippen LogP contribution in [0, 0.1) is 25.2 Å². The van der Waals surface area contributed by atoms with E-state index < -0.39 is 5.97 Å². The maximum Gasteiger partial charge on any atom is 0.323 e. The van der Waals surface area contributed by atoms with Gasteiger partial charge >= 0.3 is 5.97 Å². The van der Waals surface area contributed by atoms with Crippen molar-refractivity contribution >= 4 is 22.6 Å². The van der Waals surface area contributed by atoms with Crippen LogP contribution in [0.1, 0.15) is 16.7 Å². The highest BCUT2D eigenvalue weighted by Crippen LogP contribution is 2.31. The molecule has 0 bridgehead atoms. The number of likely N-dealkylation sites (N-methyl/N-ethyl adjacent to an activating group) is 1. The van der Waals surface area contributed by atoms with Crippen LogP contribution in [0.15, 0.2) is 18.3 Å². The highest BCUT2D eigenvalue weighted by molar-refractivity contribution is 5.97. The molecule has 0 atom stereocenters. The lowest BCUT2D eigenvalue weighted by Crippen LogP contribution is -2.26. The van der Waals surface area contributed by atoms with E-state index in [0.717, 1.165) is 22.0 Å². The Balaban J connectivity index is 2.78. The van der Waals surface area contributed by atoms with Gasteiger partial charge in [-0.15, -0.1) is 0 Å². The average molecular weight is 269 g/mol. The topological polar surface area (TPSA) is 77.2 Å². The molecule has 2 aromatic rings. The molecule has 1 N–H and O–H groups in total. The van der Waals surface area contributed by atoms with Crippen LogP contribution in [0.3, 0.4) is 0 Å². The maximum absolute atomic E-state index is 10.9. The maximum atomic E-state index is 10.9. The third-order valence-electron chi connectivity index (χ3n) is 3.15. The lowest BCUT2D eigenvalue weighted by molar-refractivity contribution is -0.135. The van der Waals surface area contributed by atoms with Crippen LogP contribution in [-0.2, 0) is 4.79 Å². The quantitative estimate of drug-likeness (QED) is 0.924. The second-order valence-corrected chi connectivity index (χ2v) is 4.86. The number of aromatic nitrogens is 1. The second kappa shape index (κ2) is 5.17. The molecule has 5 heteroatoms. The van der Waals surface area contributed by atoms with Crippen molar-refractivity contribution in [1.82, 2.24) is 4.98 Å². The predicted molar refractivity (Wildman–Crippen MR) is 76.8 cm³/mol. The molecule has 0 saturated heterocycles. The molecule has 0 amide bonds. The molecule has 0 spiro atoms. The molecule has 0 aliphatic rings. The van der Waals surface area contributed by atoms with E-state index in [2.05, 4.69) is 11.1 Å². The van der Waals surface area contributed by atoms with Crippen molar-refractivity contribution in [3.05, 3.63) is 35.0 Å². The zero-order valence-corrected chi connectivity index (χ0v) is 11.6. The number of aryl methyl sites for hydroxylation is 2. The number of fused-ring (bicyclic) bond motifs is 1. The minimum atomic E-state index is -0.939. The number of aliphatic carboxylic acids is 1. The van der Waals surface area contributed by atoms with Crippen molar-refractivity contribution in [1.29, 1.82) is 5.26 Å². The van der Waals surface area contributed by atoms with Crippen molar-refractivity contribution in [2.75, 3.05) is 18.5 Å². The van der Waals surface area contributed by atoms with Gasteiger partial charge in [0.15, 0.2) is 0 Å². The lowest BCUT2D eigenvalue weighted by Gasteiger charge is -2.21. The summed E-state index contributed by atoms with van der Waals surface area (Å²) in [6.45, 7) is 3.75. The summed E-state index contributed by atoms with van der Waals surface area (Å²) < 4.78 is 0. The van der Waals surface area contributed by atoms with Crippen LogP contribution in [-0.4, -0.2) is 29.7 Å². The zero-order chi connectivity index (χ0) is 14.9. The zero-order valence-electron chi connectivity index (χ0n) is 11.6. The number of nitrogens with zero attached hydrogens (tertiary/aromatic N) is 3. The Morgan fingerprint density at radius 1 is 1.45 bits per heavy atom. The summed E-state index contributed by atoms with van der Waals surface area (Å²) in [5, 5.41) is 19.0. The summed E-state index contributed by atoms with van der Waals surface area (Å²) in [5.74, 6) is -0.939. The van der Waals surface area contributed by atoms with Crippen molar-refractivity contribution in [2.45, 2.75) is 13.8 Å². The molecule has 1 aromatic heterocycles. The largest absolute Gasteiger partial charge is 0.480 e. The molecule has 2 rings (SSSR count). The fourth-order valence-electron chi connectivity index (χ4n) is 2.42. The van der Waals surface area contributed by atoms with Crippen LogP contribution in [0.4, 0.5) is 5.69 Å². The van der Waals surface area contributed by atoms with Crippen LogP contribution in [0.5, 0.6) is 0 Å². The normalized spacial score (nSPS) is 10.3. The lowest BCUT2D eigenvalue weighted by atomic mass is 10.0. The third kappa shape index (κ3) is 2.41. The summed E-state index contributed by atoms with van der Waals surface area (Å²) in [4.78, 5) is 16.8. The van der Waals surface area contributed by atoms with Gasteiger partial charge in [-0.3, -0.25) is 9.78 Å². The van der Waals surface area contributed by atoms with Crippen LogP contribution >= 0.6 is 0 Å².